The van der Waals surface area contributed by atoms with Gasteiger partial charge < -0.3 is 20.2 Å². The van der Waals surface area contributed by atoms with Crippen LogP contribution in [0.3, 0.4) is 0 Å². The van der Waals surface area contributed by atoms with Gasteiger partial charge in [-0.05, 0) is 24.4 Å². The minimum absolute atomic E-state index is 0.189. The zero-order chi connectivity index (χ0) is 13.4. The van der Waals surface area contributed by atoms with Crippen molar-refractivity contribution in [2.24, 2.45) is 5.73 Å². The van der Waals surface area contributed by atoms with Gasteiger partial charge in [-0.1, -0.05) is 18.2 Å². The normalized spacial score (nSPS) is 10.8. The SMILES string of the molecule is COc1cc2c(cc1NC(N)=S)oc1ccccc12. The van der Waals surface area contributed by atoms with Crippen LogP contribution in [0, 0.1) is 0 Å². The molecule has 0 aliphatic heterocycles. The summed E-state index contributed by atoms with van der Waals surface area (Å²) in [6.45, 7) is 0. The van der Waals surface area contributed by atoms with Crippen molar-refractivity contribution in [3.05, 3.63) is 36.4 Å². The van der Waals surface area contributed by atoms with E-state index in [1.54, 1.807) is 7.11 Å². The molecule has 5 heteroatoms. The number of para-hydroxylation sites is 1. The highest BCUT2D eigenvalue weighted by molar-refractivity contribution is 7.80. The molecular weight excluding hydrogens is 260 g/mol. The number of rotatable bonds is 2. The van der Waals surface area contributed by atoms with E-state index in [9.17, 15) is 0 Å². The molecule has 3 aromatic rings. The lowest BCUT2D eigenvalue weighted by molar-refractivity contribution is 0.417. The Kier molecular flexibility index (Phi) is 2.76. The molecule has 0 saturated heterocycles. The summed E-state index contributed by atoms with van der Waals surface area (Å²) in [5.41, 5.74) is 7.80. The van der Waals surface area contributed by atoms with E-state index in [0.717, 1.165) is 21.9 Å². The van der Waals surface area contributed by atoms with Crippen LogP contribution in [0.2, 0.25) is 0 Å². The van der Waals surface area contributed by atoms with Crippen molar-refractivity contribution in [2.45, 2.75) is 0 Å². The van der Waals surface area contributed by atoms with Gasteiger partial charge in [-0.3, -0.25) is 0 Å². The van der Waals surface area contributed by atoms with E-state index < -0.39 is 0 Å². The maximum Gasteiger partial charge on any atom is 0.168 e. The molecule has 0 amide bonds. The molecule has 3 rings (SSSR count). The zero-order valence-electron chi connectivity index (χ0n) is 10.3. The molecule has 19 heavy (non-hydrogen) atoms. The summed E-state index contributed by atoms with van der Waals surface area (Å²) in [5.74, 6) is 0.673. The van der Waals surface area contributed by atoms with Crippen molar-refractivity contribution in [1.82, 2.24) is 0 Å². The van der Waals surface area contributed by atoms with E-state index in [0.29, 0.717) is 11.4 Å². The molecular formula is C14H12N2O2S. The first-order valence-corrected chi connectivity index (χ1v) is 6.15. The average Bonchev–Trinajstić information content (AvgIpc) is 2.74. The summed E-state index contributed by atoms with van der Waals surface area (Å²) >= 11 is 4.85. The monoisotopic (exact) mass is 272 g/mol. The second-order valence-electron chi connectivity index (χ2n) is 4.14. The summed E-state index contributed by atoms with van der Waals surface area (Å²) in [7, 11) is 1.61. The molecule has 0 unspecified atom stereocenters. The van der Waals surface area contributed by atoms with Gasteiger partial charge in [-0.25, -0.2) is 0 Å². The van der Waals surface area contributed by atoms with Crippen molar-refractivity contribution in [3.63, 3.8) is 0 Å². The lowest BCUT2D eigenvalue weighted by atomic mass is 10.1. The van der Waals surface area contributed by atoms with Crippen molar-refractivity contribution in [2.75, 3.05) is 12.4 Å². The number of ether oxygens (including phenoxy) is 1. The van der Waals surface area contributed by atoms with Crippen molar-refractivity contribution in [3.8, 4) is 5.75 Å². The van der Waals surface area contributed by atoms with Gasteiger partial charge in [-0.2, -0.15) is 0 Å². The third-order valence-electron chi connectivity index (χ3n) is 2.96. The fraction of sp³-hybridized carbons (Fsp3) is 0.0714. The Morgan fingerprint density at radius 2 is 2.00 bits per heavy atom. The van der Waals surface area contributed by atoms with Gasteiger partial charge >= 0.3 is 0 Å². The van der Waals surface area contributed by atoms with Crippen molar-refractivity contribution in [1.29, 1.82) is 0 Å². The minimum atomic E-state index is 0.189. The van der Waals surface area contributed by atoms with E-state index in [1.807, 2.05) is 36.4 Å². The predicted molar refractivity (Wildman–Crippen MR) is 80.7 cm³/mol. The summed E-state index contributed by atoms with van der Waals surface area (Å²) in [6.07, 6.45) is 0. The highest BCUT2D eigenvalue weighted by Gasteiger charge is 2.12. The molecule has 1 aromatic heterocycles. The topological polar surface area (TPSA) is 60.4 Å². The predicted octanol–water partition coefficient (Wildman–Crippen LogP) is 3.25. The van der Waals surface area contributed by atoms with E-state index in [1.165, 1.54) is 0 Å². The summed E-state index contributed by atoms with van der Waals surface area (Å²) < 4.78 is 11.1. The van der Waals surface area contributed by atoms with E-state index in [-0.39, 0.29) is 5.11 Å². The molecule has 0 aliphatic rings. The first kappa shape index (κ1) is 11.8. The molecule has 0 saturated carbocycles. The van der Waals surface area contributed by atoms with Crippen molar-refractivity contribution >= 4 is 45.0 Å². The quantitative estimate of drug-likeness (QED) is 0.701. The second kappa shape index (κ2) is 4.44. The van der Waals surface area contributed by atoms with Gasteiger partial charge in [0.2, 0.25) is 0 Å². The largest absolute Gasteiger partial charge is 0.495 e. The second-order valence-corrected chi connectivity index (χ2v) is 4.58. The number of furan rings is 1. The number of nitrogens with one attached hydrogen (secondary N) is 1. The number of hydrogen-bond acceptors (Lipinski definition) is 3. The van der Waals surface area contributed by atoms with E-state index in [2.05, 4.69) is 5.32 Å². The Labute approximate surface area is 115 Å². The van der Waals surface area contributed by atoms with Crippen LogP contribution in [-0.2, 0) is 0 Å². The standard InChI is InChI=1S/C14H12N2O2S/c1-17-13-6-9-8-4-2-3-5-11(8)18-12(9)7-10(13)16-14(15)19/h2-7H,1H3,(H3,15,16,19). The summed E-state index contributed by atoms with van der Waals surface area (Å²) in [6, 6.07) is 11.6. The van der Waals surface area contributed by atoms with Crippen LogP contribution in [0.4, 0.5) is 5.69 Å². The fourth-order valence-electron chi connectivity index (χ4n) is 2.15. The van der Waals surface area contributed by atoms with Gasteiger partial charge in [0.05, 0.1) is 12.8 Å². The van der Waals surface area contributed by atoms with Gasteiger partial charge in [-0.15, -0.1) is 0 Å². The Hall–Kier alpha value is -2.27. The Balaban J connectivity index is 2.29. The van der Waals surface area contributed by atoms with Crippen LogP contribution >= 0.6 is 12.2 Å². The number of methoxy groups -OCH3 is 1. The summed E-state index contributed by atoms with van der Waals surface area (Å²) in [4.78, 5) is 0. The minimum Gasteiger partial charge on any atom is -0.495 e. The van der Waals surface area contributed by atoms with Crippen molar-refractivity contribution < 1.29 is 9.15 Å². The molecule has 4 nitrogen and oxygen atoms in total. The van der Waals surface area contributed by atoms with Crippen LogP contribution in [0.25, 0.3) is 21.9 Å². The number of thiocarbonyl (C=S) groups is 1. The maximum absolute atomic E-state index is 5.79. The third-order valence-corrected chi connectivity index (χ3v) is 3.06. The molecule has 0 spiro atoms. The third kappa shape index (κ3) is 1.98. The maximum atomic E-state index is 5.79. The number of anilines is 1. The lowest BCUT2D eigenvalue weighted by Crippen LogP contribution is -2.19. The molecule has 0 bridgehead atoms. The molecule has 1 heterocycles. The van der Waals surface area contributed by atoms with E-state index in [4.69, 9.17) is 27.1 Å². The highest BCUT2D eigenvalue weighted by Crippen LogP contribution is 2.36. The molecule has 2 aromatic carbocycles. The number of nitrogens with two attached hydrogens (primary N) is 1. The van der Waals surface area contributed by atoms with E-state index >= 15 is 0 Å². The molecule has 0 atom stereocenters. The number of benzene rings is 2. The Bertz CT molecular complexity index is 780. The van der Waals surface area contributed by atoms with Crippen LogP contribution in [0.5, 0.6) is 5.75 Å². The lowest BCUT2D eigenvalue weighted by Gasteiger charge is -2.09. The van der Waals surface area contributed by atoms with Crippen LogP contribution in [-0.4, -0.2) is 12.2 Å². The Morgan fingerprint density at radius 1 is 1.21 bits per heavy atom. The summed E-state index contributed by atoms with van der Waals surface area (Å²) in [5, 5.41) is 5.13. The van der Waals surface area contributed by atoms with Crippen LogP contribution < -0.4 is 15.8 Å². The molecule has 0 fully saturated rings. The number of hydrogen-bond donors (Lipinski definition) is 2. The molecule has 0 radical (unpaired) electrons. The highest BCUT2D eigenvalue weighted by atomic mass is 32.1. The number of fused-ring (bicyclic) bond motifs is 3. The van der Waals surface area contributed by atoms with Gasteiger partial charge in [0.15, 0.2) is 5.11 Å². The van der Waals surface area contributed by atoms with Gasteiger partial charge in [0.25, 0.3) is 0 Å². The average molecular weight is 272 g/mol. The fourth-order valence-corrected chi connectivity index (χ4v) is 2.26. The van der Waals surface area contributed by atoms with Gasteiger partial charge in [0.1, 0.15) is 16.9 Å². The Morgan fingerprint density at radius 3 is 2.74 bits per heavy atom. The first-order chi connectivity index (χ1) is 9.19. The molecule has 3 N–H and O–H groups in total. The van der Waals surface area contributed by atoms with Crippen LogP contribution in [0.1, 0.15) is 0 Å². The van der Waals surface area contributed by atoms with Gasteiger partial charge in [0, 0.05) is 16.8 Å². The van der Waals surface area contributed by atoms with Crippen LogP contribution in [0.15, 0.2) is 40.8 Å². The molecule has 0 aliphatic carbocycles. The first-order valence-electron chi connectivity index (χ1n) is 5.75. The zero-order valence-corrected chi connectivity index (χ0v) is 11.1. The smallest absolute Gasteiger partial charge is 0.168 e. The molecule has 96 valence electrons.